The van der Waals surface area contributed by atoms with E-state index in [0.29, 0.717) is 28.6 Å². The number of ether oxygens (including phenoxy) is 2. The van der Waals surface area contributed by atoms with E-state index in [4.69, 9.17) is 21.1 Å². The van der Waals surface area contributed by atoms with Crippen LogP contribution in [0.15, 0.2) is 95.9 Å². The SMILES string of the molecule is CCCCNC(=O)C(Cc1ccccc1)N(Cc1ccccc1Cl)C(=O)CN(c1cc(C)cc(C)c1)S(=O)(=O)c1ccc(OC)c(OC)c1. The third kappa shape index (κ3) is 9.55. The van der Waals surface area contributed by atoms with Crippen molar-refractivity contribution in [3.05, 3.63) is 118 Å². The Labute approximate surface area is 294 Å². The Kier molecular flexibility index (Phi) is 13.1. The molecule has 1 N–H and O–H groups in total. The molecular weight excluding hydrogens is 662 g/mol. The van der Waals surface area contributed by atoms with Crippen molar-refractivity contribution in [2.24, 2.45) is 0 Å². The smallest absolute Gasteiger partial charge is 0.264 e. The van der Waals surface area contributed by atoms with Gasteiger partial charge in [-0.3, -0.25) is 13.9 Å². The second-order valence-electron chi connectivity index (χ2n) is 11.8. The topological polar surface area (TPSA) is 105 Å². The van der Waals surface area contributed by atoms with Crippen molar-refractivity contribution in [2.45, 2.75) is 57.5 Å². The summed E-state index contributed by atoms with van der Waals surface area (Å²) in [5.41, 5.74) is 3.42. The van der Waals surface area contributed by atoms with Gasteiger partial charge in [0.05, 0.1) is 24.8 Å². The first-order valence-electron chi connectivity index (χ1n) is 16.2. The van der Waals surface area contributed by atoms with Crippen molar-refractivity contribution in [3.63, 3.8) is 0 Å². The van der Waals surface area contributed by atoms with Crippen molar-refractivity contribution >= 4 is 39.1 Å². The van der Waals surface area contributed by atoms with Crippen molar-refractivity contribution in [3.8, 4) is 11.5 Å². The molecule has 0 aromatic heterocycles. The van der Waals surface area contributed by atoms with Gasteiger partial charge in [-0.05, 0) is 72.9 Å². The summed E-state index contributed by atoms with van der Waals surface area (Å²) in [7, 11) is -1.47. The summed E-state index contributed by atoms with van der Waals surface area (Å²) in [6.07, 6.45) is 1.86. The number of carbonyl (C=O) groups is 2. The number of hydrogen-bond acceptors (Lipinski definition) is 6. The van der Waals surface area contributed by atoms with Crippen LogP contribution >= 0.6 is 11.6 Å². The van der Waals surface area contributed by atoms with Gasteiger partial charge in [-0.25, -0.2) is 8.42 Å². The van der Waals surface area contributed by atoms with Gasteiger partial charge in [0.1, 0.15) is 12.6 Å². The maximum absolute atomic E-state index is 14.7. The van der Waals surface area contributed by atoms with Crippen LogP contribution in [0.5, 0.6) is 11.5 Å². The molecule has 0 aliphatic rings. The number of amides is 2. The normalized spacial score (nSPS) is 11.8. The highest BCUT2D eigenvalue weighted by Gasteiger charge is 2.35. The van der Waals surface area contributed by atoms with Crippen LogP contribution in [0.4, 0.5) is 5.69 Å². The quantitative estimate of drug-likeness (QED) is 0.130. The fraction of sp³-hybridized carbons (Fsp3) is 0.316. The molecule has 0 spiro atoms. The molecule has 0 aliphatic carbocycles. The molecule has 0 aliphatic heterocycles. The lowest BCUT2D eigenvalue weighted by Gasteiger charge is -2.34. The average molecular weight is 706 g/mol. The second-order valence-corrected chi connectivity index (χ2v) is 14.1. The number of benzene rings is 4. The number of carbonyl (C=O) groups excluding carboxylic acids is 2. The van der Waals surface area contributed by atoms with E-state index >= 15 is 0 Å². The highest BCUT2D eigenvalue weighted by molar-refractivity contribution is 7.92. The fourth-order valence-electron chi connectivity index (χ4n) is 5.60. The molecule has 11 heteroatoms. The first-order chi connectivity index (χ1) is 23.5. The minimum Gasteiger partial charge on any atom is -0.493 e. The Morgan fingerprint density at radius 3 is 2.14 bits per heavy atom. The Balaban J connectivity index is 1.85. The maximum Gasteiger partial charge on any atom is 0.264 e. The van der Waals surface area contributed by atoms with E-state index in [0.717, 1.165) is 33.8 Å². The fourth-order valence-corrected chi connectivity index (χ4v) is 7.21. The van der Waals surface area contributed by atoms with Crippen LogP contribution in [-0.4, -0.2) is 58.5 Å². The molecule has 0 bridgehead atoms. The molecule has 4 aromatic carbocycles. The number of anilines is 1. The van der Waals surface area contributed by atoms with Crippen LogP contribution in [0.25, 0.3) is 0 Å². The van der Waals surface area contributed by atoms with E-state index in [2.05, 4.69) is 5.32 Å². The average Bonchev–Trinajstić information content (AvgIpc) is 3.09. The van der Waals surface area contributed by atoms with Crippen LogP contribution in [0.3, 0.4) is 0 Å². The largest absolute Gasteiger partial charge is 0.493 e. The monoisotopic (exact) mass is 705 g/mol. The summed E-state index contributed by atoms with van der Waals surface area (Å²) in [6, 6.07) is 25.2. The van der Waals surface area contributed by atoms with Crippen molar-refractivity contribution in [1.82, 2.24) is 10.2 Å². The van der Waals surface area contributed by atoms with Crippen molar-refractivity contribution < 1.29 is 27.5 Å². The van der Waals surface area contributed by atoms with Crippen LogP contribution in [0, 0.1) is 13.8 Å². The van der Waals surface area contributed by atoms with Gasteiger partial charge >= 0.3 is 0 Å². The molecule has 4 aromatic rings. The molecule has 0 saturated heterocycles. The standard InChI is InChI=1S/C38H44ClN3O6S/c1-6-7-19-40-38(44)34(23-29-13-9-8-10-14-29)41(25-30-15-11-12-16-33(30)39)37(43)26-42(31-21-27(2)20-28(3)22-31)49(45,46)32-17-18-35(47-4)36(24-32)48-5/h8-18,20-22,24,34H,6-7,19,23,25-26H2,1-5H3,(H,40,44). The molecule has 0 saturated carbocycles. The minimum atomic E-state index is -4.35. The van der Waals surface area contributed by atoms with Crippen LogP contribution in [-0.2, 0) is 32.6 Å². The highest BCUT2D eigenvalue weighted by Crippen LogP contribution is 2.33. The lowest BCUT2D eigenvalue weighted by Crippen LogP contribution is -2.53. The van der Waals surface area contributed by atoms with Crippen molar-refractivity contribution in [2.75, 3.05) is 31.6 Å². The molecule has 260 valence electrons. The third-order valence-corrected chi connectivity index (χ3v) is 10.3. The molecule has 0 fully saturated rings. The van der Waals surface area contributed by atoms with Crippen LogP contribution < -0.4 is 19.1 Å². The van der Waals surface area contributed by atoms with E-state index in [1.807, 2.05) is 57.2 Å². The Hall–Kier alpha value is -4.54. The van der Waals surface area contributed by atoms with Crippen molar-refractivity contribution in [1.29, 1.82) is 0 Å². The molecule has 9 nitrogen and oxygen atoms in total. The molecule has 0 radical (unpaired) electrons. The van der Waals surface area contributed by atoms with E-state index < -0.39 is 28.5 Å². The summed E-state index contributed by atoms with van der Waals surface area (Å²) >= 11 is 6.60. The van der Waals surface area contributed by atoms with E-state index in [1.54, 1.807) is 36.4 Å². The number of halogens is 1. The Bertz CT molecular complexity index is 1830. The number of rotatable bonds is 16. The number of aryl methyl sites for hydroxylation is 2. The van der Waals surface area contributed by atoms with Gasteiger partial charge in [0.15, 0.2) is 11.5 Å². The molecule has 1 atom stereocenters. The predicted octanol–water partition coefficient (Wildman–Crippen LogP) is 6.73. The van der Waals surface area contributed by atoms with Gasteiger partial charge in [0.2, 0.25) is 11.8 Å². The number of sulfonamides is 1. The molecule has 49 heavy (non-hydrogen) atoms. The highest BCUT2D eigenvalue weighted by atomic mass is 35.5. The Morgan fingerprint density at radius 1 is 0.857 bits per heavy atom. The third-order valence-electron chi connectivity index (χ3n) is 8.12. The van der Waals surface area contributed by atoms with Gasteiger partial charge in [-0.2, -0.15) is 0 Å². The summed E-state index contributed by atoms with van der Waals surface area (Å²) in [6.45, 7) is 5.59. The van der Waals surface area contributed by atoms with Gasteiger partial charge in [0, 0.05) is 30.6 Å². The van der Waals surface area contributed by atoms with Gasteiger partial charge in [-0.1, -0.05) is 79.5 Å². The van der Waals surface area contributed by atoms with Gasteiger partial charge in [-0.15, -0.1) is 0 Å². The summed E-state index contributed by atoms with van der Waals surface area (Å²) in [5.74, 6) is -0.324. The van der Waals surface area contributed by atoms with Crippen LogP contribution in [0.2, 0.25) is 5.02 Å². The predicted molar refractivity (Wildman–Crippen MR) is 194 cm³/mol. The minimum absolute atomic E-state index is 0.0195. The molecular formula is C38H44ClN3O6S. The molecule has 1 unspecified atom stereocenters. The Morgan fingerprint density at radius 2 is 1.51 bits per heavy atom. The zero-order valence-corrected chi connectivity index (χ0v) is 30.2. The molecule has 0 heterocycles. The summed E-state index contributed by atoms with van der Waals surface area (Å²) < 4.78 is 40.9. The lowest BCUT2D eigenvalue weighted by molar-refractivity contribution is -0.140. The lowest BCUT2D eigenvalue weighted by atomic mass is 10.0. The number of nitrogens with zero attached hydrogens (tertiary/aromatic N) is 2. The molecule has 4 rings (SSSR count). The first-order valence-corrected chi connectivity index (χ1v) is 18.0. The van der Waals surface area contributed by atoms with E-state index in [9.17, 15) is 18.0 Å². The van der Waals surface area contributed by atoms with E-state index in [-0.39, 0.29) is 29.5 Å². The van der Waals surface area contributed by atoms with E-state index in [1.165, 1.54) is 37.3 Å². The summed E-state index contributed by atoms with van der Waals surface area (Å²) in [4.78, 5) is 30.0. The summed E-state index contributed by atoms with van der Waals surface area (Å²) in [5, 5.41) is 3.42. The zero-order chi connectivity index (χ0) is 35.6. The number of nitrogens with one attached hydrogen (secondary N) is 1. The van der Waals surface area contributed by atoms with Gasteiger partial charge < -0.3 is 19.7 Å². The number of methoxy groups -OCH3 is 2. The number of unbranched alkanes of at least 4 members (excludes halogenated alkanes) is 1. The van der Waals surface area contributed by atoms with Crippen LogP contribution in [0.1, 0.15) is 42.0 Å². The van der Waals surface area contributed by atoms with Gasteiger partial charge in [0.25, 0.3) is 10.0 Å². The first kappa shape index (κ1) is 37.3. The maximum atomic E-state index is 14.7. The zero-order valence-electron chi connectivity index (χ0n) is 28.6. The molecule has 2 amide bonds. The second kappa shape index (κ2) is 17.2. The number of hydrogen-bond donors (Lipinski definition) is 1.